The molecule has 1 aromatic heterocycles. The molecule has 0 radical (unpaired) electrons. The van der Waals surface area contributed by atoms with Crippen LogP contribution in [0.15, 0.2) is 36.4 Å². The van der Waals surface area contributed by atoms with Crippen molar-refractivity contribution in [3.05, 3.63) is 63.9 Å². The van der Waals surface area contributed by atoms with Crippen molar-refractivity contribution in [2.45, 2.75) is 6.42 Å². The average Bonchev–Trinajstić information content (AvgIpc) is 2.88. The lowest BCUT2D eigenvalue weighted by atomic mass is 10.1. The summed E-state index contributed by atoms with van der Waals surface area (Å²) in [6.45, 7) is 0.239. The first-order valence-electron chi connectivity index (χ1n) is 6.98. The summed E-state index contributed by atoms with van der Waals surface area (Å²) in [5, 5.41) is 2.66. The molecule has 1 amide bonds. The first-order chi connectivity index (χ1) is 11.0. The average molecular weight is 333 g/mol. The van der Waals surface area contributed by atoms with E-state index in [1.54, 1.807) is 18.2 Å². The second kappa shape index (κ2) is 6.29. The van der Waals surface area contributed by atoms with E-state index in [1.165, 1.54) is 12.1 Å². The molecule has 0 aliphatic rings. The molecule has 0 saturated heterocycles. The highest BCUT2D eigenvalue weighted by molar-refractivity contribution is 7.71. The van der Waals surface area contributed by atoms with Crippen LogP contribution in [0, 0.1) is 16.4 Å². The molecule has 2 aromatic carbocycles. The molecule has 1 heterocycles. The van der Waals surface area contributed by atoms with Gasteiger partial charge in [0.05, 0.1) is 16.6 Å². The van der Waals surface area contributed by atoms with Gasteiger partial charge in [-0.25, -0.2) is 8.78 Å². The number of aromatic nitrogens is 2. The van der Waals surface area contributed by atoms with E-state index in [0.717, 1.165) is 6.07 Å². The molecule has 0 fully saturated rings. The van der Waals surface area contributed by atoms with Gasteiger partial charge < -0.3 is 15.3 Å². The third kappa shape index (κ3) is 3.29. The van der Waals surface area contributed by atoms with Gasteiger partial charge in [-0.1, -0.05) is 18.2 Å². The number of hydrogen-bond acceptors (Lipinski definition) is 2. The zero-order chi connectivity index (χ0) is 16.4. The molecule has 3 N–H and O–H groups in total. The van der Waals surface area contributed by atoms with Crippen LogP contribution in [0.25, 0.3) is 11.0 Å². The zero-order valence-corrected chi connectivity index (χ0v) is 12.8. The number of hydrogen-bond donors (Lipinski definition) is 3. The molecule has 0 saturated carbocycles. The number of carbonyl (C=O) groups is 1. The van der Waals surface area contributed by atoms with Crippen LogP contribution in [0.5, 0.6) is 0 Å². The molecule has 0 aliphatic carbocycles. The second-order valence-corrected chi connectivity index (χ2v) is 5.46. The number of H-pyrrole nitrogens is 2. The lowest BCUT2D eigenvalue weighted by Gasteiger charge is -2.07. The fourth-order valence-corrected chi connectivity index (χ4v) is 2.61. The Morgan fingerprint density at radius 2 is 1.96 bits per heavy atom. The highest BCUT2D eigenvalue weighted by Gasteiger charge is 2.14. The quantitative estimate of drug-likeness (QED) is 0.640. The van der Waals surface area contributed by atoms with Crippen LogP contribution >= 0.6 is 12.2 Å². The van der Waals surface area contributed by atoms with Gasteiger partial charge in [0.2, 0.25) is 0 Å². The third-order valence-electron chi connectivity index (χ3n) is 3.47. The number of aromatic amines is 2. The maximum absolute atomic E-state index is 13.6. The van der Waals surface area contributed by atoms with Crippen molar-refractivity contribution in [3.8, 4) is 0 Å². The van der Waals surface area contributed by atoms with Crippen LogP contribution in [0.3, 0.4) is 0 Å². The summed E-state index contributed by atoms with van der Waals surface area (Å²) in [7, 11) is 0. The Balaban J connectivity index is 1.76. The summed E-state index contributed by atoms with van der Waals surface area (Å²) >= 11 is 4.96. The molecule has 118 valence electrons. The number of rotatable bonds is 4. The van der Waals surface area contributed by atoms with Gasteiger partial charge in [-0.15, -0.1) is 0 Å². The maximum Gasteiger partial charge on any atom is 0.253 e. The van der Waals surface area contributed by atoms with Crippen molar-refractivity contribution in [2.24, 2.45) is 0 Å². The van der Waals surface area contributed by atoms with Crippen molar-refractivity contribution in [2.75, 3.05) is 6.54 Å². The number of halogens is 2. The van der Waals surface area contributed by atoms with E-state index < -0.39 is 11.7 Å². The Hall–Kier alpha value is -2.54. The predicted octanol–water partition coefficient (Wildman–Crippen LogP) is 3.48. The molecule has 0 bridgehead atoms. The number of imidazole rings is 1. The fourth-order valence-electron chi connectivity index (χ4n) is 2.39. The van der Waals surface area contributed by atoms with Crippen LogP contribution in [0.4, 0.5) is 8.78 Å². The minimum absolute atomic E-state index is 0.154. The topological polar surface area (TPSA) is 60.7 Å². The molecule has 7 heteroatoms. The van der Waals surface area contributed by atoms with Gasteiger partial charge >= 0.3 is 0 Å². The van der Waals surface area contributed by atoms with Crippen molar-refractivity contribution < 1.29 is 13.6 Å². The number of benzene rings is 2. The van der Waals surface area contributed by atoms with E-state index in [1.807, 2.05) is 0 Å². The van der Waals surface area contributed by atoms with Gasteiger partial charge in [-0.3, -0.25) is 4.79 Å². The van der Waals surface area contributed by atoms with Crippen molar-refractivity contribution in [1.82, 2.24) is 15.3 Å². The first-order valence-corrected chi connectivity index (χ1v) is 7.38. The molecule has 3 rings (SSSR count). The number of amides is 1. The van der Waals surface area contributed by atoms with Gasteiger partial charge in [-0.2, -0.15) is 0 Å². The number of carbonyl (C=O) groups excluding carboxylic acids is 1. The molecule has 23 heavy (non-hydrogen) atoms. The van der Waals surface area contributed by atoms with Gasteiger partial charge in [0.15, 0.2) is 4.77 Å². The number of fused-ring (bicyclic) bond motifs is 1. The molecular weight excluding hydrogens is 320 g/mol. The summed E-state index contributed by atoms with van der Waals surface area (Å²) < 4.78 is 27.4. The maximum atomic E-state index is 13.6. The van der Waals surface area contributed by atoms with Crippen LogP contribution in [-0.2, 0) is 6.42 Å². The molecule has 0 aliphatic heterocycles. The summed E-state index contributed by atoms with van der Waals surface area (Å²) in [6.07, 6.45) is 0.347. The molecule has 3 aromatic rings. The van der Waals surface area contributed by atoms with Gasteiger partial charge in [-0.05, 0) is 42.4 Å². The Morgan fingerprint density at radius 3 is 2.74 bits per heavy atom. The van der Waals surface area contributed by atoms with Crippen LogP contribution < -0.4 is 5.32 Å². The van der Waals surface area contributed by atoms with Crippen LogP contribution in [0.1, 0.15) is 15.9 Å². The molecule has 4 nitrogen and oxygen atoms in total. The molecular formula is C16H13F2N3OS. The normalized spacial score (nSPS) is 10.9. The summed E-state index contributed by atoms with van der Waals surface area (Å²) in [4.78, 5) is 17.9. The largest absolute Gasteiger partial charge is 0.352 e. The minimum atomic E-state index is -0.540. The Morgan fingerprint density at radius 1 is 1.17 bits per heavy atom. The smallest absolute Gasteiger partial charge is 0.253 e. The van der Waals surface area contributed by atoms with Gasteiger partial charge in [0.25, 0.3) is 5.91 Å². The van der Waals surface area contributed by atoms with Crippen molar-refractivity contribution in [3.63, 3.8) is 0 Å². The predicted molar refractivity (Wildman–Crippen MR) is 85.9 cm³/mol. The zero-order valence-electron chi connectivity index (χ0n) is 12.0. The van der Waals surface area contributed by atoms with E-state index in [4.69, 9.17) is 12.2 Å². The van der Waals surface area contributed by atoms with Gasteiger partial charge in [0.1, 0.15) is 11.6 Å². The second-order valence-electron chi connectivity index (χ2n) is 5.05. The summed E-state index contributed by atoms with van der Waals surface area (Å²) in [5.41, 5.74) is 1.54. The van der Waals surface area contributed by atoms with E-state index in [2.05, 4.69) is 15.3 Å². The summed E-state index contributed by atoms with van der Waals surface area (Å²) in [6, 6.07) is 8.77. The Kier molecular flexibility index (Phi) is 4.20. The van der Waals surface area contributed by atoms with E-state index in [9.17, 15) is 13.6 Å². The van der Waals surface area contributed by atoms with E-state index in [-0.39, 0.29) is 17.9 Å². The Labute approximate surface area is 135 Å². The number of nitrogens with one attached hydrogen (secondary N) is 3. The van der Waals surface area contributed by atoms with Crippen LogP contribution in [0.2, 0.25) is 0 Å². The van der Waals surface area contributed by atoms with Crippen LogP contribution in [-0.4, -0.2) is 22.4 Å². The third-order valence-corrected chi connectivity index (χ3v) is 3.68. The standard InChI is InChI=1S/C16H13F2N3OS/c17-10-7-11(14-13(8-10)20-16(23)21-14)15(22)19-6-5-9-3-1-2-4-12(9)18/h1-4,7-8H,5-6H2,(H,19,22)(H2,20,21,23). The van der Waals surface area contributed by atoms with E-state index in [0.29, 0.717) is 27.8 Å². The van der Waals surface area contributed by atoms with Crippen molar-refractivity contribution in [1.29, 1.82) is 0 Å². The molecule has 0 spiro atoms. The fraction of sp³-hybridized carbons (Fsp3) is 0.125. The highest BCUT2D eigenvalue weighted by Crippen LogP contribution is 2.18. The molecule has 0 atom stereocenters. The first kappa shape index (κ1) is 15.4. The highest BCUT2D eigenvalue weighted by atomic mass is 32.1. The minimum Gasteiger partial charge on any atom is -0.352 e. The molecule has 0 unspecified atom stereocenters. The lowest BCUT2D eigenvalue weighted by Crippen LogP contribution is -2.26. The van der Waals surface area contributed by atoms with E-state index >= 15 is 0 Å². The SMILES string of the molecule is O=C(NCCc1ccccc1F)c1cc(F)cc2[nH]c(=S)[nH]c12. The lowest BCUT2D eigenvalue weighted by molar-refractivity contribution is 0.0955. The monoisotopic (exact) mass is 333 g/mol. The Bertz CT molecular complexity index is 932. The van der Waals surface area contributed by atoms with Gasteiger partial charge in [0, 0.05) is 6.54 Å². The summed E-state index contributed by atoms with van der Waals surface area (Å²) in [5.74, 6) is -1.30. The van der Waals surface area contributed by atoms with Crippen molar-refractivity contribution >= 4 is 29.2 Å².